The number of hydrogen-bond donors (Lipinski definition) is 0. The molecule has 1 fully saturated rings. The molecule has 1 saturated heterocycles. The molecular formula is C20H23FN4O3. The summed E-state index contributed by atoms with van der Waals surface area (Å²) in [6.45, 7) is 3.82. The molecule has 2 aliphatic heterocycles. The van der Waals surface area contributed by atoms with Gasteiger partial charge in [0.15, 0.2) is 5.82 Å². The number of carbonyl (C=O) groups is 1. The molecule has 2 aromatic rings. The quantitative estimate of drug-likeness (QED) is 0.795. The van der Waals surface area contributed by atoms with Crippen LogP contribution in [0.4, 0.5) is 15.9 Å². The van der Waals surface area contributed by atoms with E-state index in [2.05, 4.69) is 4.98 Å². The van der Waals surface area contributed by atoms with Gasteiger partial charge in [-0.05, 0) is 25.0 Å². The third-order valence-corrected chi connectivity index (χ3v) is 5.41. The molecule has 1 atom stereocenters. The monoisotopic (exact) mass is 386 g/mol. The van der Waals surface area contributed by atoms with E-state index >= 15 is 0 Å². The highest BCUT2D eigenvalue weighted by Crippen LogP contribution is 2.32. The van der Waals surface area contributed by atoms with Gasteiger partial charge in [-0.25, -0.2) is 4.98 Å². The van der Waals surface area contributed by atoms with Gasteiger partial charge in [0, 0.05) is 31.9 Å². The molecule has 2 aliphatic rings. The van der Waals surface area contributed by atoms with Crippen LogP contribution in [0, 0.1) is 5.82 Å². The van der Waals surface area contributed by atoms with Crippen LogP contribution in [-0.4, -0.2) is 47.8 Å². The number of fused-ring (bicyclic) bond motifs is 1. The molecular weight excluding hydrogens is 363 g/mol. The highest BCUT2D eigenvalue weighted by molar-refractivity contribution is 5.97. The van der Waals surface area contributed by atoms with Crippen molar-refractivity contribution in [2.24, 2.45) is 7.05 Å². The first-order chi connectivity index (χ1) is 13.5. The van der Waals surface area contributed by atoms with Crippen molar-refractivity contribution in [2.45, 2.75) is 25.8 Å². The van der Waals surface area contributed by atoms with Crippen LogP contribution in [0.2, 0.25) is 0 Å². The summed E-state index contributed by atoms with van der Waals surface area (Å²) >= 11 is 0. The minimum absolute atomic E-state index is 0.00377. The van der Waals surface area contributed by atoms with Gasteiger partial charge in [-0.15, -0.1) is 0 Å². The SMILES string of the molecule is C[C@@H]1Cc2ccccc2N1C(=O)Cc1nc(N2CCOCC2)c(F)c(=O)n1C. The predicted molar refractivity (Wildman–Crippen MR) is 103 cm³/mol. The molecule has 0 saturated carbocycles. The zero-order chi connectivity index (χ0) is 19.8. The molecule has 0 N–H and O–H groups in total. The van der Waals surface area contributed by atoms with E-state index in [-0.39, 0.29) is 30.0 Å². The average Bonchev–Trinajstić information content (AvgIpc) is 3.04. The maximum atomic E-state index is 14.6. The number of rotatable bonds is 3. The van der Waals surface area contributed by atoms with Gasteiger partial charge >= 0.3 is 0 Å². The van der Waals surface area contributed by atoms with Crippen molar-refractivity contribution in [1.82, 2.24) is 9.55 Å². The summed E-state index contributed by atoms with van der Waals surface area (Å²) in [6.07, 6.45) is 0.721. The maximum absolute atomic E-state index is 14.6. The number of amides is 1. The molecule has 0 aliphatic carbocycles. The molecule has 0 spiro atoms. The molecule has 4 rings (SSSR count). The van der Waals surface area contributed by atoms with E-state index in [0.717, 1.165) is 22.2 Å². The number of nitrogens with zero attached hydrogens (tertiary/aromatic N) is 4. The van der Waals surface area contributed by atoms with Crippen LogP contribution in [0.15, 0.2) is 29.1 Å². The smallest absolute Gasteiger partial charge is 0.291 e. The number of carbonyl (C=O) groups excluding carboxylic acids is 1. The Labute approximate surface area is 162 Å². The summed E-state index contributed by atoms with van der Waals surface area (Å²) in [7, 11) is 1.45. The Kier molecular flexibility index (Phi) is 4.89. The molecule has 28 heavy (non-hydrogen) atoms. The summed E-state index contributed by atoms with van der Waals surface area (Å²) < 4.78 is 21.0. The Morgan fingerprint density at radius 1 is 1.29 bits per heavy atom. The fourth-order valence-electron chi connectivity index (χ4n) is 3.92. The topological polar surface area (TPSA) is 67.7 Å². The summed E-state index contributed by atoms with van der Waals surface area (Å²) in [4.78, 5) is 33.3. The van der Waals surface area contributed by atoms with Gasteiger partial charge in [-0.2, -0.15) is 4.39 Å². The van der Waals surface area contributed by atoms with E-state index in [4.69, 9.17) is 4.74 Å². The lowest BCUT2D eigenvalue weighted by Gasteiger charge is -2.28. The van der Waals surface area contributed by atoms with Gasteiger partial charge in [0.25, 0.3) is 5.56 Å². The van der Waals surface area contributed by atoms with Crippen LogP contribution in [0.5, 0.6) is 0 Å². The Hall–Kier alpha value is -2.74. The maximum Gasteiger partial charge on any atom is 0.291 e. The van der Waals surface area contributed by atoms with Gasteiger partial charge in [-0.3, -0.25) is 14.2 Å². The molecule has 1 amide bonds. The van der Waals surface area contributed by atoms with Crippen LogP contribution in [0.3, 0.4) is 0 Å². The lowest BCUT2D eigenvalue weighted by Crippen LogP contribution is -2.41. The lowest BCUT2D eigenvalue weighted by atomic mass is 10.1. The number of anilines is 2. The average molecular weight is 386 g/mol. The number of hydrogen-bond acceptors (Lipinski definition) is 5. The molecule has 0 unspecified atom stereocenters. The number of morpholine rings is 1. The molecule has 0 radical (unpaired) electrons. The van der Waals surface area contributed by atoms with Gasteiger partial charge in [0.05, 0.1) is 19.6 Å². The van der Waals surface area contributed by atoms with E-state index in [1.54, 1.807) is 9.80 Å². The second kappa shape index (κ2) is 7.35. The van der Waals surface area contributed by atoms with E-state index in [9.17, 15) is 14.0 Å². The molecule has 7 nitrogen and oxygen atoms in total. The highest BCUT2D eigenvalue weighted by Gasteiger charge is 2.31. The van der Waals surface area contributed by atoms with Crippen molar-refractivity contribution in [1.29, 1.82) is 0 Å². The number of benzene rings is 1. The van der Waals surface area contributed by atoms with Crippen LogP contribution < -0.4 is 15.4 Å². The fourth-order valence-corrected chi connectivity index (χ4v) is 3.92. The zero-order valence-electron chi connectivity index (χ0n) is 16.0. The second-order valence-electron chi connectivity index (χ2n) is 7.25. The molecule has 148 valence electrons. The van der Waals surface area contributed by atoms with Gasteiger partial charge in [0.1, 0.15) is 5.82 Å². The Bertz CT molecular complexity index is 968. The predicted octanol–water partition coefficient (Wildman–Crippen LogP) is 1.28. The van der Waals surface area contributed by atoms with Gasteiger partial charge < -0.3 is 14.5 Å². The first-order valence-electron chi connectivity index (χ1n) is 9.45. The number of para-hydroxylation sites is 1. The van der Waals surface area contributed by atoms with Gasteiger partial charge in [-0.1, -0.05) is 18.2 Å². The van der Waals surface area contributed by atoms with Crippen LogP contribution >= 0.6 is 0 Å². The van der Waals surface area contributed by atoms with Crippen molar-refractivity contribution in [3.05, 3.63) is 51.8 Å². The summed E-state index contributed by atoms with van der Waals surface area (Å²) in [5.41, 5.74) is 1.24. The Morgan fingerprint density at radius 2 is 2.00 bits per heavy atom. The Morgan fingerprint density at radius 3 is 2.75 bits per heavy atom. The van der Waals surface area contributed by atoms with Crippen molar-refractivity contribution < 1.29 is 13.9 Å². The second-order valence-corrected chi connectivity index (χ2v) is 7.25. The molecule has 1 aromatic heterocycles. The van der Waals surface area contributed by atoms with Crippen LogP contribution in [0.25, 0.3) is 0 Å². The third kappa shape index (κ3) is 3.17. The summed E-state index contributed by atoms with van der Waals surface area (Å²) in [5.74, 6) is -0.779. The lowest BCUT2D eigenvalue weighted by molar-refractivity contribution is -0.118. The van der Waals surface area contributed by atoms with E-state index in [1.807, 2.05) is 31.2 Å². The highest BCUT2D eigenvalue weighted by atomic mass is 19.1. The zero-order valence-corrected chi connectivity index (χ0v) is 16.0. The van der Waals surface area contributed by atoms with Crippen LogP contribution in [0.1, 0.15) is 18.3 Å². The van der Waals surface area contributed by atoms with Crippen molar-refractivity contribution in [3.63, 3.8) is 0 Å². The van der Waals surface area contributed by atoms with E-state index < -0.39 is 11.4 Å². The Balaban J connectivity index is 1.65. The minimum atomic E-state index is -0.888. The van der Waals surface area contributed by atoms with Crippen LogP contribution in [-0.2, 0) is 29.4 Å². The standard InChI is InChI=1S/C20H23FN4O3/c1-13-11-14-5-3-4-6-15(14)25(13)17(26)12-16-22-19(18(21)20(27)23(16)2)24-7-9-28-10-8-24/h3-6,13H,7-12H2,1-2H3/t13-/m1/s1. The number of halogens is 1. The van der Waals surface area contributed by atoms with Crippen molar-refractivity contribution in [3.8, 4) is 0 Å². The summed E-state index contributed by atoms with van der Waals surface area (Å²) in [6, 6.07) is 7.83. The first kappa shape index (κ1) is 18.6. The van der Waals surface area contributed by atoms with E-state index in [1.165, 1.54) is 7.05 Å². The fraction of sp³-hybridized carbons (Fsp3) is 0.450. The number of aromatic nitrogens is 2. The third-order valence-electron chi connectivity index (χ3n) is 5.41. The van der Waals surface area contributed by atoms with Crippen molar-refractivity contribution in [2.75, 3.05) is 36.1 Å². The largest absolute Gasteiger partial charge is 0.378 e. The molecule has 3 heterocycles. The number of ether oxygens (including phenoxy) is 1. The summed E-state index contributed by atoms with van der Waals surface area (Å²) in [5, 5.41) is 0. The first-order valence-corrected chi connectivity index (χ1v) is 9.45. The van der Waals surface area contributed by atoms with Gasteiger partial charge in [0.2, 0.25) is 11.7 Å². The normalized spacial score (nSPS) is 19.0. The molecule has 0 bridgehead atoms. The molecule has 1 aromatic carbocycles. The van der Waals surface area contributed by atoms with Crippen molar-refractivity contribution >= 4 is 17.4 Å². The van der Waals surface area contributed by atoms with E-state index in [0.29, 0.717) is 26.3 Å². The molecule has 8 heteroatoms. The minimum Gasteiger partial charge on any atom is -0.378 e.